The predicted octanol–water partition coefficient (Wildman–Crippen LogP) is 2.66. The van der Waals surface area contributed by atoms with Crippen molar-refractivity contribution in [3.05, 3.63) is 64.2 Å². The van der Waals surface area contributed by atoms with Gasteiger partial charge in [0.25, 0.3) is 15.8 Å². The van der Waals surface area contributed by atoms with Gasteiger partial charge in [-0.3, -0.25) is 24.5 Å². The fraction of sp³-hybridized carbons (Fsp3) is 0.316. The van der Waals surface area contributed by atoms with Crippen molar-refractivity contribution in [3.8, 4) is 0 Å². The van der Waals surface area contributed by atoms with Gasteiger partial charge in [0, 0.05) is 24.6 Å². The molecule has 164 valence electrons. The van der Waals surface area contributed by atoms with Crippen LogP contribution in [0, 0.1) is 10.1 Å². The molecule has 2 aliphatic rings. The van der Waals surface area contributed by atoms with Crippen molar-refractivity contribution in [3.63, 3.8) is 0 Å². The number of alkyl halides is 1. The standard InChI is InChI=1S/C19H18FN3O7S/c20-18-9-16(21-18)15-6-1-2-7-17(15)22-10-13(30-19(22)24)11-29-31(27,28)14-5-3-4-12(8-14)23(25)26/h1-8,13,16,18,21H,9-11H2. The number of para-hydroxylation sites is 1. The van der Waals surface area contributed by atoms with E-state index in [4.69, 9.17) is 8.92 Å². The Bertz CT molecular complexity index is 1120. The first-order valence-corrected chi connectivity index (χ1v) is 10.8. The maximum absolute atomic E-state index is 13.2. The van der Waals surface area contributed by atoms with Crippen molar-refractivity contribution < 1.29 is 31.4 Å². The van der Waals surface area contributed by atoms with E-state index in [1.54, 1.807) is 24.3 Å². The number of amides is 1. The molecule has 0 aromatic heterocycles. The van der Waals surface area contributed by atoms with Crippen LogP contribution in [0.25, 0.3) is 0 Å². The molecular weight excluding hydrogens is 433 g/mol. The van der Waals surface area contributed by atoms with Gasteiger partial charge in [0.05, 0.1) is 17.2 Å². The number of nitrogens with one attached hydrogen (secondary N) is 1. The molecule has 12 heteroatoms. The first kappa shape index (κ1) is 21.2. The number of hydrogen-bond acceptors (Lipinski definition) is 8. The predicted molar refractivity (Wildman–Crippen MR) is 106 cm³/mol. The molecule has 0 aliphatic carbocycles. The maximum atomic E-state index is 13.2. The molecule has 2 aliphatic heterocycles. The molecule has 4 rings (SSSR count). The number of carbonyl (C=O) groups excluding carboxylic acids is 1. The largest absolute Gasteiger partial charge is 0.441 e. The molecule has 2 aromatic rings. The highest BCUT2D eigenvalue weighted by molar-refractivity contribution is 7.86. The number of halogens is 1. The van der Waals surface area contributed by atoms with Crippen LogP contribution in [-0.4, -0.2) is 45.0 Å². The number of ether oxygens (including phenoxy) is 1. The lowest BCUT2D eigenvalue weighted by molar-refractivity contribution is -0.385. The number of carbonyl (C=O) groups is 1. The lowest BCUT2D eigenvalue weighted by Crippen LogP contribution is -2.43. The summed E-state index contributed by atoms with van der Waals surface area (Å²) in [4.78, 5) is 23.5. The topological polar surface area (TPSA) is 128 Å². The third kappa shape index (κ3) is 4.36. The summed E-state index contributed by atoms with van der Waals surface area (Å²) in [5.74, 6) is 0. The number of nitro groups is 1. The number of nitro benzene ring substituents is 1. The summed E-state index contributed by atoms with van der Waals surface area (Å²) in [6.07, 6.45) is -2.36. The molecule has 1 amide bonds. The zero-order valence-electron chi connectivity index (χ0n) is 16.0. The number of rotatable bonds is 7. The summed E-state index contributed by atoms with van der Waals surface area (Å²) in [5.41, 5.74) is 0.889. The van der Waals surface area contributed by atoms with E-state index >= 15 is 0 Å². The molecular formula is C19H18FN3O7S. The highest BCUT2D eigenvalue weighted by atomic mass is 32.2. The highest BCUT2D eigenvalue weighted by Gasteiger charge is 2.38. The first-order valence-electron chi connectivity index (χ1n) is 9.35. The van der Waals surface area contributed by atoms with Crippen LogP contribution in [0.3, 0.4) is 0 Å². The Hall–Kier alpha value is -3.09. The van der Waals surface area contributed by atoms with Crippen LogP contribution in [0.5, 0.6) is 0 Å². The molecule has 0 saturated carbocycles. The van der Waals surface area contributed by atoms with Crippen LogP contribution in [0.4, 0.5) is 20.6 Å². The average molecular weight is 451 g/mol. The molecule has 10 nitrogen and oxygen atoms in total. The Balaban J connectivity index is 1.44. The Morgan fingerprint density at radius 2 is 2.00 bits per heavy atom. The molecule has 2 heterocycles. The number of cyclic esters (lactones) is 1. The van der Waals surface area contributed by atoms with Gasteiger partial charge >= 0.3 is 6.09 Å². The van der Waals surface area contributed by atoms with E-state index in [0.29, 0.717) is 5.69 Å². The van der Waals surface area contributed by atoms with Gasteiger partial charge in [-0.2, -0.15) is 8.42 Å². The highest BCUT2D eigenvalue weighted by Crippen LogP contribution is 2.36. The molecule has 3 atom stereocenters. The lowest BCUT2D eigenvalue weighted by Gasteiger charge is -2.34. The van der Waals surface area contributed by atoms with Crippen molar-refractivity contribution in [2.24, 2.45) is 0 Å². The summed E-state index contributed by atoms with van der Waals surface area (Å²) in [5, 5.41) is 13.6. The molecule has 0 bridgehead atoms. The summed E-state index contributed by atoms with van der Waals surface area (Å²) < 4.78 is 48.1. The summed E-state index contributed by atoms with van der Waals surface area (Å²) in [7, 11) is -4.29. The maximum Gasteiger partial charge on any atom is 0.414 e. The van der Waals surface area contributed by atoms with Crippen LogP contribution in [-0.2, 0) is 19.0 Å². The van der Waals surface area contributed by atoms with Gasteiger partial charge in [-0.05, 0) is 17.7 Å². The van der Waals surface area contributed by atoms with Gasteiger partial charge < -0.3 is 4.74 Å². The molecule has 3 unspecified atom stereocenters. The molecule has 0 radical (unpaired) electrons. The van der Waals surface area contributed by atoms with E-state index in [-0.39, 0.29) is 29.6 Å². The van der Waals surface area contributed by atoms with Gasteiger partial charge in [-0.1, -0.05) is 24.3 Å². The van der Waals surface area contributed by atoms with Crippen LogP contribution >= 0.6 is 0 Å². The third-order valence-corrected chi connectivity index (χ3v) is 6.31. The molecule has 2 saturated heterocycles. The number of nitrogens with zero attached hydrogens (tertiary/aromatic N) is 2. The van der Waals surface area contributed by atoms with Crippen molar-refractivity contribution in [1.29, 1.82) is 0 Å². The van der Waals surface area contributed by atoms with Crippen molar-refractivity contribution in [2.45, 2.75) is 29.8 Å². The Morgan fingerprint density at radius 1 is 1.26 bits per heavy atom. The molecule has 1 N–H and O–H groups in total. The Kier molecular flexibility index (Phi) is 5.60. The van der Waals surface area contributed by atoms with E-state index < -0.39 is 40.1 Å². The molecule has 0 spiro atoms. The Morgan fingerprint density at radius 3 is 2.71 bits per heavy atom. The first-order chi connectivity index (χ1) is 14.7. The van der Waals surface area contributed by atoms with Crippen LogP contribution in [0.1, 0.15) is 18.0 Å². The van der Waals surface area contributed by atoms with E-state index in [0.717, 1.165) is 17.7 Å². The van der Waals surface area contributed by atoms with E-state index in [1.807, 2.05) is 0 Å². The lowest BCUT2D eigenvalue weighted by atomic mass is 9.95. The average Bonchev–Trinajstić information content (AvgIpc) is 3.10. The smallest absolute Gasteiger partial charge is 0.414 e. The van der Waals surface area contributed by atoms with Crippen molar-refractivity contribution >= 4 is 27.6 Å². The monoisotopic (exact) mass is 451 g/mol. The minimum atomic E-state index is -4.29. The minimum absolute atomic E-state index is 0.0338. The van der Waals surface area contributed by atoms with Crippen molar-refractivity contribution in [1.82, 2.24) is 5.32 Å². The van der Waals surface area contributed by atoms with Crippen LogP contribution in [0.2, 0.25) is 0 Å². The second-order valence-electron chi connectivity index (χ2n) is 7.09. The summed E-state index contributed by atoms with van der Waals surface area (Å²) in [6, 6.07) is 11.2. The normalized spacial score (nSPS) is 23.3. The third-order valence-electron chi connectivity index (χ3n) is 5.03. The number of benzene rings is 2. The van der Waals surface area contributed by atoms with Crippen LogP contribution in [0.15, 0.2) is 53.4 Å². The fourth-order valence-electron chi connectivity index (χ4n) is 3.44. The van der Waals surface area contributed by atoms with Gasteiger partial charge in [0.2, 0.25) is 0 Å². The minimum Gasteiger partial charge on any atom is -0.441 e. The van der Waals surface area contributed by atoms with E-state index in [9.17, 15) is 27.7 Å². The molecule has 31 heavy (non-hydrogen) atoms. The van der Waals surface area contributed by atoms with Crippen molar-refractivity contribution in [2.75, 3.05) is 18.1 Å². The van der Waals surface area contributed by atoms with Crippen LogP contribution < -0.4 is 10.2 Å². The quantitative estimate of drug-likeness (QED) is 0.295. The van der Waals surface area contributed by atoms with Gasteiger partial charge in [-0.15, -0.1) is 0 Å². The van der Waals surface area contributed by atoms with E-state index in [1.165, 1.54) is 17.0 Å². The number of non-ortho nitro benzene ring substituents is 1. The van der Waals surface area contributed by atoms with Gasteiger partial charge in [0.15, 0.2) is 6.30 Å². The summed E-state index contributed by atoms with van der Waals surface area (Å²) >= 11 is 0. The zero-order valence-corrected chi connectivity index (χ0v) is 16.8. The number of hydrogen-bond donors (Lipinski definition) is 1. The van der Waals surface area contributed by atoms with Gasteiger partial charge in [-0.25, -0.2) is 9.18 Å². The fourth-order valence-corrected chi connectivity index (χ4v) is 4.41. The molecule has 2 aromatic carbocycles. The second-order valence-corrected chi connectivity index (χ2v) is 8.71. The number of anilines is 1. The SMILES string of the molecule is O=C1OC(COS(=O)(=O)c2cccc([N+](=O)[O-])c2)CN1c1ccccc1C1CC(F)N1. The zero-order chi connectivity index (χ0) is 22.2. The summed E-state index contributed by atoms with van der Waals surface area (Å²) in [6.45, 7) is -0.421. The van der Waals surface area contributed by atoms with E-state index in [2.05, 4.69) is 5.32 Å². The Labute approximate surface area is 176 Å². The molecule has 2 fully saturated rings. The second kappa shape index (κ2) is 8.21. The van der Waals surface area contributed by atoms with Gasteiger partial charge in [0.1, 0.15) is 17.6 Å².